The molecule has 25 heavy (non-hydrogen) atoms. The minimum atomic E-state index is -4.26. The number of nitrogens with one attached hydrogen (secondary N) is 1. The Labute approximate surface area is 146 Å². The van der Waals surface area contributed by atoms with Crippen LogP contribution in [-0.4, -0.2) is 19.9 Å². The van der Waals surface area contributed by atoms with Crippen LogP contribution in [0.4, 0.5) is 13.2 Å². The Balaban J connectivity index is 1.62. The molecule has 0 radical (unpaired) electrons. The highest BCUT2D eigenvalue weighted by Crippen LogP contribution is 2.22. The molecule has 0 aliphatic carbocycles. The van der Waals surface area contributed by atoms with Gasteiger partial charge in [0.25, 0.3) is 0 Å². The normalized spacial score (nSPS) is 12.0. The van der Waals surface area contributed by atoms with Gasteiger partial charge >= 0.3 is 0 Å². The molecule has 4 nitrogen and oxygen atoms in total. The maximum absolute atomic E-state index is 13.6. The third-order valence-corrected chi connectivity index (χ3v) is 6.06. The lowest BCUT2D eigenvalue weighted by atomic mass is 10.3. The van der Waals surface area contributed by atoms with Gasteiger partial charge < -0.3 is 0 Å². The lowest BCUT2D eigenvalue weighted by Crippen LogP contribution is -2.26. The van der Waals surface area contributed by atoms with E-state index in [2.05, 4.69) is 9.71 Å². The van der Waals surface area contributed by atoms with Crippen molar-refractivity contribution >= 4 is 31.6 Å². The number of hydrogen-bond donors (Lipinski definition) is 1. The molecule has 3 rings (SSSR count). The van der Waals surface area contributed by atoms with Gasteiger partial charge in [-0.15, -0.1) is 11.3 Å². The van der Waals surface area contributed by atoms with E-state index >= 15 is 0 Å². The molecular formula is C16H13F3N2O2S2. The van der Waals surface area contributed by atoms with E-state index < -0.39 is 32.4 Å². The highest BCUT2D eigenvalue weighted by molar-refractivity contribution is 7.89. The van der Waals surface area contributed by atoms with E-state index in [0.29, 0.717) is 25.0 Å². The smallest absolute Gasteiger partial charge is 0.241 e. The molecule has 0 saturated carbocycles. The van der Waals surface area contributed by atoms with Crippen molar-refractivity contribution in [3.63, 3.8) is 0 Å². The summed E-state index contributed by atoms with van der Waals surface area (Å²) in [4.78, 5) is 3.52. The molecule has 0 saturated heterocycles. The summed E-state index contributed by atoms with van der Waals surface area (Å²) in [7, 11) is -4.26. The van der Waals surface area contributed by atoms with Crippen molar-refractivity contribution in [1.29, 1.82) is 0 Å². The molecule has 9 heteroatoms. The van der Waals surface area contributed by atoms with Crippen LogP contribution in [0, 0.1) is 17.5 Å². The number of thiazole rings is 1. The molecule has 0 spiro atoms. The first-order valence-electron chi connectivity index (χ1n) is 7.36. The van der Waals surface area contributed by atoms with E-state index in [4.69, 9.17) is 0 Å². The molecule has 1 heterocycles. The minimum Gasteiger partial charge on any atom is -0.241 e. The number of halogens is 3. The molecule has 3 aromatic rings. The number of aryl methyl sites for hydroxylation is 1. The lowest BCUT2D eigenvalue weighted by molar-refractivity contribution is 0.431. The predicted octanol–water partition coefficient (Wildman–Crippen LogP) is 3.62. The second-order valence-electron chi connectivity index (χ2n) is 5.25. The molecule has 1 aromatic heterocycles. The molecule has 0 unspecified atom stereocenters. The summed E-state index contributed by atoms with van der Waals surface area (Å²) in [6.45, 7) is 0.0245. The Morgan fingerprint density at radius 1 is 1.04 bits per heavy atom. The Hall–Kier alpha value is -1.97. The quantitative estimate of drug-likeness (QED) is 0.520. The lowest BCUT2D eigenvalue weighted by Gasteiger charge is -2.08. The molecule has 2 aromatic carbocycles. The summed E-state index contributed by atoms with van der Waals surface area (Å²) in [5, 5.41) is 0.861. The fraction of sp³-hybridized carbons (Fsp3) is 0.188. The van der Waals surface area contributed by atoms with Crippen LogP contribution in [0.5, 0.6) is 0 Å². The van der Waals surface area contributed by atoms with Crippen LogP contribution in [-0.2, 0) is 16.4 Å². The average Bonchev–Trinajstić information content (AvgIpc) is 2.99. The standard InChI is InChI=1S/C16H13F3N2O2S2/c17-10-7-8-13(16(19)15(10)18)25(22,23)20-9-3-6-14-21-11-4-1-2-5-12(11)24-14/h1-2,4-5,7-8,20H,3,6,9H2. The minimum absolute atomic E-state index is 0.0245. The summed E-state index contributed by atoms with van der Waals surface area (Å²) in [5.74, 6) is -4.97. The van der Waals surface area contributed by atoms with E-state index in [-0.39, 0.29) is 6.54 Å². The van der Waals surface area contributed by atoms with Gasteiger partial charge in [0.05, 0.1) is 15.2 Å². The van der Waals surface area contributed by atoms with Gasteiger partial charge in [0.1, 0.15) is 4.90 Å². The average molecular weight is 386 g/mol. The predicted molar refractivity (Wildman–Crippen MR) is 89.4 cm³/mol. The van der Waals surface area contributed by atoms with Crippen molar-refractivity contribution in [3.8, 4) is 0 Å². The van der Waals surface area contributed by atoms with Crippen molar-refractivity contribution in [2.75, 3.05) is 6.54 Å². The van der Waals surface area contributed by atoms with Gasteiger partial charge in [-0.25, -0.2) is 31.3 Å². The second-order valence-corrected chi connectivity index (χ2v) is 8.10. The summed E-state index contributed by atoms with van der Waals surface area (Å²) in [6.07, 6.45) is 0.979. The molecule has 132 valence electrons. The summed E-state index contributed by atoms with van der Waals surface area (Å²) < 4.78 is 66.9. The summed E-state index contributed by atoms with van der Waals surface area (Å²) in [6, 6.07) is 8.91. The highest BCUT2D eigenvalue weighted by Gasteiger charge is 2.23. The molecule has 0 aliphatic heterocycles. The molecule has 0 atom stereocenters. The topological polar surface area (TPSA) is 59.1 Å². The Morgan fingerprint density at radius 3 is 2.56 bits per heavy atom. The molecule has 0 bridgehead atoms. The van der Waals surface area contributed by atoms with E-state index in [1.807, 2.05) is 24.3 Å². The van der Waals surface area contributed by atoms with Gasteiger partial charge in [0, 0.05) is 13.0 Å². The zero-order valence-electron chi connectivity index (χ0n) is 12.8. The van der Waals surface area contributed by atoms with Crippen LogP contribution in [0.25, 0.3) is 10.2 Å². The fourth-order valence-electron chi connectivity index (χ4n) is 2.27. The van der Waals surface area contributed by atoms with E-state index in [1.54, 1.807) is 0 Å². The summed E-state index contributed by atoms with van der Waals surface area (Å²) >= 11 is 1.52. The third-order valence-electron chi connectivity index (χ3n) is 3.49. The van der Waals surface area contributed by atoms with Gasteiger partial charge in [0.15, 0.2) is 17.5 Å². The zero-order valence-corrected chi connectivity index (χ0v) is 14.4. The first kappa shape index (κ1) is 17.8. The van der Waals surface area contributed by atoms with Crippen LogP contribution in [0.2, 0.25) is 0 Å². The van der Waals surface area contributed by atoms with Crippen LogP contribution in [0.1, 0.15) is 11.4 Å². The molecule has 0 aliphatic rings. The van der Waals surface area contributed by atoms with Gasteiger partial charge in [-0.2, -0.15) is 0 Å². The molecule has 1 N–H and O–H groups in total. The number of hydrogen-bond acceptors (Lipinski definition) is 4. The number of para-hydroxylation sites is 1. The highest BCUT2D eigenvalue weighted by atomic mass is 32.2. The monoisotopic (exact) mass is 386 g/mol. The maximum atomic E-state index is 13.6. The van der Waals surface area contributed by atoms with Crippen molar-refractivity contribution in [2.45, 2.75) is 17.7 Å². The Morgan fingerprint density at radius 2 is 1.80 bits per heavy atom. The van der Waals surface area contributed by atoms with Gasteiger partial charge in [-0.1, -0.05) is 12.1 Å². The van der Waals surface area contributed by atoms with Gasteiger partial charge in [-0.05, 0) is 30.7 Å². The van der Waals surface area contributed by atoms with Gasteiger partial charge in [0.2, 0.25) is 10.0 Å². The Bertz CT molecular complexity index is 986. The van der Waals surface area contributed by atoms with E-state index in [1.165, 1.54) is 11.3 Å². The van der Waals surface area contributed by atoms with Crippen molar-refractivity contribution in [3.05, 3.63) is 58.9 Å². The first-order valence-corrected chi connectivity index (χ1v) is 9.66. The number of sulfonamides is 1. The van der Waals surface area contributed by atoms with Crippen LogP contribution < -0.4 is 4.72 Å². The van der Waals surface area contributed by atoms with Crippen LogP contribution >= 0.6 is 11.3 Å². The summed E-state index contributed by atoms with van der Waals surface area (Å²) in [5.41, 5.74) is 0.881. The first-order chi connectivity index (χ1) is 11.9. The fourth-order valence-corrected chi connectivity index (χ4v) is 4.42. The van der Waals surface area contributed by atoms with Crippen molar-refractivity contribution in [2.24, 2.45) is 0 Å². The molecule has 0 fully saturated rings. The third kappa shape index (κ3) is 3.83. The zero-order chi connectivity index (χ0) is 18.0. The largest absolute Gasteiger partial charge is 0.243 e. The second kappa shape index (κ2) is 7.11. The number of aromatic nitrogens is 1. The molecule has 0 amide bonds. The van der Waals surface area contributed by atoms with Crippen molar-refractivity contribution in [1.82, 2.24) is 9.71 Å². The number of nitrogens with zero attached hydrogens (tertiary/aromatic N) is 1. The molecular weight excluding hydrogens is 373 g/mol. The van der Waals surface area contributed by atoms with Crippen LogP contribution in [0.15, 0.2) is 41.3 Å². The number of benzene rings is 2. The maximum Gasteiger partial charge on any atom is 0.243 e. The number of fused-ring (bicyclic) bond motifs is 1. The van der Waals surface area contributed by atoms with Crippen LogP contribution in [0.3, 0.4) is 0 Å². The number of rotatable bonds is 6. The van der Waals surface area contributed by atoms with Gasteiger partial charge in [-0.3, -0.25) is 0 Å². The van der Waals surface area contributed by atoms with E-state index in [9.17, 15) is 21.6 Å². The van der Waals surface area contributed by atoms with Crippen molar-refractivity contribution < 1.29 is 21.6 Å². The Kier molecular flexibility index (Phi) is 5.07. The van der Waals surface area contributed by atoms with E-state index in [0.717, 1.165) is 15.2 Å². The SMILES string of the molecule is O=S(=O)(NCCCc1nc2ccccc2s1)c1ccc(F)c(F)c1F.